The fraction of sp³-hybridized carbons (Fsp3) is 0.143. The van der Waals surface area contributed by atoms with Gasteiger partial charge in [-0.1, -0.05) is 24.6 Å². The van der Waals surface area contributed by atoms with Crippen molar-refractivity contribution >= 4 is 29.1 Å². The van der Waals surface area contributed by atoms with Gasteiger partial charge in [0.2, 0.25) is 0 Å². The first-order valence-corrected chi connectivity index (χ1v) is 9.68. The molecule has 1 heterocycles. The van der Waals surface area contributed by atoms with Crippen LogP contribution in [0, 0.1) is 11.6 Å². The van der Waals surface area contributed by atoms with Crippen LogP contribution in [-0.2, 0) is 0 Å². The molecule has 0 aliphatic heterocycles. The molecule has 0 aliphatic carbocycles. The zero-order valence-electron chi connectivity index (χ0n) is 17.3. The molecule has 0 atom stereocenters. The number of anilines is 1. The van der Waals surface area contributed by atoms with E-state index >= 15 is 0 Å². The van der Waals surface area contributed by atoms with Crippen LogP contribution < -0.4 is 11.1 Å². The van der Waals surface area contributed by atoms with E-state index in [2.05, 4.69) is 15.3 Å². The number of para-hydroxylation sites is 1. The molecule has 4 N–H and O–H groups in total. The minimum atomic E-state index is -3.96. The van der Waals surface area contributed by atoms with Crippen molar-refractivity contribution in [3.63, 3.8) is 0 Å². The molecule has 0 saturated heterocycles. The summed E-state index contributed by atoms with van der Waals surface area (Å²) in [5.41, 5.74) is 4.03. The van der Waals surface area contributed by atoms with Crippen molar-refractivity contribution in [1.82, 2.24) is 9.97 Å². The standard InChI is InChI=1S/C18H11ClF2N4O3.C3H5F3/c19-10-2-1-3-11(20)16(10)25-18(28)9-4-12(21)8(5-15(9)26)13-6-24-14(7-23-13)17(22)27;1-2-3(4,5)6/h1-7,26H,(H2,22,27)(H,25,28);2H2,1H3. The Morgan fingerprint density at radius 3 is 2.26 bits per heavy atom. The lowest BCUT2D eigenvalue weighted by Gasteiger charge is -2.11. The van der Waals surface area contributed by atoms with E-state index in [4.69, 9.17) is 17.3 Å². The number of alkyl halides is 3. The molecule has 2 aromatic carbocycles. The summed E-state index contributed by atoms with van der Waals surface area (Å²) in [6.45, 7) is 1.08. The SMILES string of the molecule is CCC(F)(F)F.NC(=O)c1cnc(-c2cc(O)c(C(=O)Nc3c(F)cccc3Cl)cc2F)cn1. The number of phenolic OH excluding ortho intramolecular Hbond substituents is 1. The lowest BCUT2D eigenvalue weighted by Crippen LogP contribution is -2.14. The van der Waals surface area contributed by atoms with Crippen LogP contribution in [0.15, 0.2) is 42.7 Å². The lowest BCUT2D eigenvalue weighted by atomic mass is 10.1. The quantitative estimate of drug-likeness (QED) is 0.429. The number of carbonyl (C=O) groups is 2. The molecule has 0 spiro atoms. The summed E-state index contributed by atoms with van der Waals surface area (Å²) in [7, 11) is 0. The number of nitrogens with one attached hydrogen (secondary N) is 1. The van der Waals surface area contributed by atoms with Crippen LogP contribution in [0.1, 0.15) is 34.2 Å². The first kappa shape index (κ1) is 26.5. The Kier molecular flexibility index (Phi) is 8.46. The van der Waals surface area contributed by atoms with E-state index in [-0.39, 0.29) is 27.7 Å². The van der Waals surface area contributed by atoms with Crippen molar-refractivity contribution in [1.29, 1.82) is 0 Å². The topological polar surface area (TPSA) is 118 Å². The predicted octanol–water partition coefficient (Wildman–Crippen LogP) is 5.09. The summed E-state index contributed by atoms with van der Waals surface area (Å²) in [5, 5.41) is 12.3. The molecule has 1 aromatic heterocycles. The lowest BCUT2D eigenvalue weighted by molar-refractivity contribution is -0.130. The molecule has 7 nitrogen and oxygen atoms in total. The molecular formula is C21H16ClF5N4O3. The summed E-state index contributed by atoms with van der Waals surface area (Å²) in [4.78, 5) is 30.9. The molecule has 0 bridgehead atoms. The maximum absolute atomic E-state index is 14.5. The van der Waals surface area contributed by atoms with E-state index in [1.807, 2.05) is 0 Å². The van der Waals surface area contributed by atoms with Crippen molar-refractivity contribution < 1.29 is 36.6 Å². The number of nitrogens with two attached hydrogens (primary N) is 1. The Balaban J connectivity index is 0.000000604. The normalized spacial score (nSPS) is 10.8. The summed E-state index contributed by atoms with van der Waals surface area (Å²) >= 11 is 5.83. The molecule has 2 amide bonds. The number of hydrogen-bond donors (Lipinski definition) is 3. The Morgan fingerprint density at radius 1 is 1.12 bits per heavy atom. The highest BCUT2D eigenvalue weighted by Crippen LogP contribution is 2.30. The number of carbonyl (C=O) groups excluding carboxylic acids is 2. The third-order valence-corrected chi connectivity index (χ3v) is 4.43. The van der Waals surface area contributed by atoms with Gasteiger partial charge in [-0.25, -0.2) is 13.8 Å². The number of phenols is 1. The molecule has 0 fully saturated rings. The van der Waals surface area contributed by atoms with Crippen molar-refractivity contribution in [2.75, 3.05) is 5.32 Å². The monoisotopic (exact) mass is 502 g/mol. The second kappa shape index (κ2) is 10.9. The fourth-order valence-corrected chi connectivity index (χ4v) is 2.54. The second-order valence-electron chi connectivity index (χ2n) is 6.52. The molecule has 3 aromatic rings. The Labute approximate surface area is 194 Å². The van der Waals surface area contributed by atoms with Gasteiger partial charge in [0.1, 0.15) is 23.1 Å². The summed E-state index contributed by atoms with van der Waals surface area (Å²) in [6.07, 6.45) is -2.54. The zero-order valence-corrected chi connectivity index (χ0v) is 18.0. The number of nitrogens with zero attached hydrogens (tertiary/aromatic N) is 2. The van der Waals surface area contributed by atoms with E-state index < -0.39 is 47.4 Å². The van der Waals surface area contributed by atoms with Crippen molar-refractivity contribution in [2.45, 2.75) is 19.5 Å². The van der Waals surface area contributed by atoms with Gasteiger partial charge >= 0.3 is 6.18 Å². The van der Waals surface area contributed by atoms with Gasteiger partial charge in [-0.05, 0) is 24.3 Å². The first-order valence-electron chi connectivity index (χ1n) is 9.30. The van der Waals surface area contributed by atoms with Gasteiger partial charge < -0.3 is 16.2 Å². The highest BCUT2D eigenvalue weighted by molar-refractivity contribution is 6.34. The van der Waals surface area contributed by atoms with Crippen molar-refractivity contribution in [3.05, 3.63) is 70.6 Å². The van der Waals surface area contributed by atoms with Crippen LogP contribution in [0.5, 0.6) is 5.75 Å². The largest absolute Gasteiger partial charge is 0.507 e. The molecular weight excluding hydrogens is 487 g/mol. The molecule has 3 rings (SSSR count). The second-order valence-corrected chi connectivity index (χ2v) is 6.93. The molecule has 180 valence electrons. The van der Waals surface area contributed by atoms with E-state index in [9.17, 15) is 36.6 Å². The number of aromatic nitrogens is 2. The van der Waals surface area contributed by atoms with E-state index in [1.165, 1.54) is 12.1 Å². The van der Waals surface area contributed by atoms with Gasteiger partial charge in [0.15, 0.2) is 0 Å². The highest BCUT2D eigenvalue weighted by Gasteiger charge is 2.22. The number of benzene rings is 2. The average molecular weight is 503 g/mol. The minimum Gasteiger partial charge on any atom is -0.507 e. The predicted molar refractivity (Wildman–Crippen MR) is 113 cm³/mol. The van der Waals surface area contributed by atoms with E-state index in [0.717, 1.165) is 37.5 Å². The van der Waals surface area contributed by atoms with Crippen LogP contribution >= 0.6 is 11.6 Å². The Hall–Kier alpha value is -3.80. The molecule has 13 heteroatoms. The summed E-state index contributed by atoms with van der Waals surface area (Å²) < 4.78 is 60.6. The smallest absolute Gasteiger partial charge is 0.388 e. The molecule has 34 heavy (non-hydrogen) atoms. The van der Waals surface area contributed by atoms with Gasteiger partial charge in [0.25, 0.3) is 11.8 Å². The van der Waals surface area contributed by atoms with Gasteiger partial charge in [-0.3, -0.25) is 14.6 Å². The van der Waals surface area contributed by atoms with Gasteiger partial charge in [0, 0.05) is 12.0 Å². The maximum atomic E-state index is 14.5. The number of amides is 2. The van der Waals surface area contributed by atoms with Gasteiger partial charge in [0.05, 0.1) is 34.4 Å². The summed E-state index contributed by atoms with van der Waals surface area (Å²) in [6, 6.07) is 5.51. The third kappa shape index (κ3) is 6.85. The van der Waals surface area contributed by atoms with Crippen molar-refractivity contribution in [2.24, 2.45) is 5.73 Å². The van der Waals surface area contributed by atoms with Crippen LogP contribution in [0.3, 0.4) is 0 Å². The summed E-state index contributed by atoms with van der Waals surface area (Å²) in [5.74, 6) is -4.04. The maximum Gasteiger partial charge on any atom is 0.388 e. The van der Waals surface area contributed by atoms with Gasteiger partial charge in [-0.2, -0.15) is 13.2 Å². The zero-order chi connectivity index (χ0) is 25.6. The van der Waals surface area contributed by atoms with Crippen LogP contribution in [-0.4, -0.2) is 33.1 Å². The average Bonchev–Trinajstić information content (AvgIpc) is 2.77. The van der Waals surface area contributed by atoms with Crippen molar-refractivity contribution in [3.8, 4) is 17.0 Å². The van der Waals surface area contributed by atoms with Gasteiger partial charge in [-0.15, -0.1) is 0 Å². The molecule has 0 radical (unpaired) electrons. The Morgan fingerprint density at radius 2 is 1.76 bits per heavy atom. The van der Waals surface area contributed by atoms with Crippen LogP contribution in [0.2, 0.25) is 5.02 Å². The Bertz CT molecular complexity index is 1180. The van der Waals surface area contributed by atoms with E-state index in [0.29, 0.717) is 0 Å². The number of halogens is 6. The van der Waals surface area contributed by atoms with E-state index in [1.54, 1.807) is 0 Å². The highest BCUT2D eigenvalue weighted by atomic mass is 35.5. The number of hydrogen-bond acceptors (Lipinski definition) is 5. The van der Waals surface area contributed by atoms with Crippen LogP contribution in [0.25, 0.3) is 11.3 Å². The molecule has 0 saturated carbocycles. The third-order valence-electron chi connectivity index (χ3n) is 4.11. The minimum absolute atomic E-state index is 0.00177. The molecule has 0 aliphatic rings. The number of primary amides is 1. The fourth-order valence-electron chi connectivity index (χ4n) is 2.33. The first-order chi connectivity index (χ1) is 15.8. The number of aromatic hydroxyl groups is 1. The van der Waals surface area contributed by atoms with Crippen LogP contribution in [0.4, 0.5) is 27.6 Å². The molecule has 0 unspecified atom stereocenters. The number of rotatable bonds is 4.